The smallest absolute Gasteiger partial charge is 0.182 e. The van der Waals surface area contributed by atoms with Crippen LogP contribution in [0, 0.1) is 0 Å². The second-order valence-corrected chi connectivity index (χ2v) is 0.272. The van der Waals surface area contributed by atoms with Gasteiger partial charge in [-0.05, 0) is 0 Å². The first-order chi connectivity index (χ1) is 2.91. The van der Waals surface area contributed by atoms with Gasteiger partial charge < -0.3 is 10.9 Å². The van der Waals surface area contributed by atoms with E-state index in [2.05, 4.69) is 0 Å². The summed E-state index contributed by atoms with van der Waals surface area (Å²) < 4.78 is 0. The Morgan fingerprint density at radius 1 is 1.00 bits per heavy atom. The summed E-state index contributed by atoms with van der Waals surface area (Å²) in [6.45, 7) is 2.00. The molecule has 0 saturated carbocycles. The molecule has 42 valence electrons. The van der Waals surface area contributed by atoms with Crippen LogP contribution in [-0.2, 0) is 14.4 Å². The molecule has 3 N–H and O–H groups in total. The van der Waals surface area contributed by atoms with Crippen molar-refractivity contribution in [2.45, 2.75) is 0 Å². The molecule has 0 unspecified atom stereocenters. The standard InChI is InChI=1S/C2H2O2.CH2O.H3N/c3-1-2-4;1-2;/h1-2H;1H2;1H3. The molecule has 4 nitrogen and oxygen atoms in total. The van der Waals surface area contributed by atoms with E-state index in [-0.39, 0.29) is 18.7 Å². The summed E-state index contributed by atoms with van der Waals surface area (Å²) in [7, 11) is 0. The molecule has 0 aliphatic carbocycles. The maximum absolute atomic E-state index is 8.81. The Balaban J connectivity index is -0.0000000480. The van der Waals surface area contributed by atoms with E-state index >= 15 is 0 Å². The second kappa shape index (κ2) is 83.3. The van der Waals surface area contributed by atoms with Crippen LogP contribution in [0.5, 0.6) is 0 Å². The Hall–Kier alpha value is -1.03. The van der Waals surface area contributed by atoms with Crippen LogP contribution in [0.2, 0.25) is 0 Å². The van der Waals surface area contributed by atoms with E-state index < -0.39 is 0 Å². The highest BCUT2D eigenvalue weighted by Gasteiger charge is 1.47. The van der Waals surface area contributed by atoms with Crippen molar-refractivity contribution in [1.29, 1.82) is 0 Å². The quantitative estimate of drug-likeness (QED) is 0.355. The third-order valence-electron chi connectivity index (χ3n) is 0.0556. The normalized spacial score (nSPS) is 3.43. The topological polar surface area (TPSA) is 86.2 Å². The van der Waals surface area contributed by atoms with Crippen LogP contribution >= 0.6 is 0 Å². The summed E-state index contributed by atoms with van der Waals surface area (Å²) in [6, 6.07) is 0. The second-order valence-electron chi connectivity index (χ2n) is 0.272. The van der Waals surface area contributed by atoms with Gasteiger partial charge in [0.2, 0.25) is 0 Å². The first-order valence-corrected chi connectivity index (χ1v) is 1.09. The number of aldehydes is 2. The fraction of sp³-hybridized carbons (Fsp3) is 0. The van der Waals surface area contributed by atoms with Crippen LogP contribution in [0.4, 0.5) is 0 Å². The van der Waals surface area contributed by atoms with Gasteiger partial charge in [-0.15, -0.1) is 0 Å². The van der Waals surface area contributed by atoms with E-state index in [4.69, 9.17) is 14.4 Å². The van der Waals surface area contributed by atoms with Crippen molar-refractivity contribution in [2.24, 2.45) is 0 Å². The lowest BCUT2D eigenvalue weighted by Crippen LogP contribution is -1.62. The predicted octanol–water partition coefficient (Wildman–Crippen LogP) is -0.639. The Labute approximate surface area is 41.1 Å². The molecule has 0 rings (SSSR count). The lowest BCUT2D eigenvalue weighted by Gasteiger charge is -1.31. The molecule has 0 atom stereocenters. The number of hydrogen-bond acceptors (Lipinski definition) is 4. The van der Waals surface area contributed by atoms with Crippen molar-refractivity contribution in [1.82, 2.24) is 6.15 Å². The zero-order valence-corrected chi connectivity index (χ0v) is 3.79. The molecule has 0 fully saturated rings. The molecule has 4 heteroatoms. The van der Waals surface area contributed by atoms with Gasteiger partial charge in [0.15, 0.2) is 12.6 Å². The summed E-state index contributed by atoms with van der Waals surface area (Å²) in [6.07, 6.45) is 0.389. The van der Waals surface area contributed by atoms with Gasteiger partial charge in [0, 0.05) is 0 Å². The maximum Gasteiger partial charge on any atom is 0.182 e. The van der Waals surface area contributed by atoms with E-state index in [0.29, 0.717) is 0 Å². The van der Waals surface area contributed by atoms with Crippen LogP contribution < -0.4 is 6.15 Å². The highest BCUT2D eigenvalue weighted by atomic mass is 16.2. The lowest BCUT2D eigenvalue weighted by atomic mass is 10.9. The van der Waals surface area contributed by atoms with Crippen molar-refractivity contribution in [3.63, 3.8) is 0 Å². The third kappa shape index (κ3) is 48700. The van der Waals surface area contributed by atoms with Crippen molar-refractivity contribution < 1.29 is 14.4 Å². The molecule has 0 heterocycles. The Morgan fingerprint density at radius 3 is 1.14 bits per heavy atom. The molecule has 0 amide bonds. The lowest BCUT2D eigenvalue weighted by molar-refractivity contribution is -0.122. The number of carbonyl (C=O) groups excluding carboxylic acids is 3. The van der Waals surface area contributed by atoms with Crippen LogP contribution in [0.1, 0.15) is 0 Å². The minimum atomic E-state index is 0. The molecular weight excluding hydrogens is 98.0 g/mol. The molecule has 0 radical (unpaired) electrons. The van der Waals surface area contributed by atoms with Gasteiger partial charge in [0.1, 0.15) is 6.79 Å². The van der Waals surface area contributed by atoms with E-state index in [1.165, 1.54) is 0 Å². The fourth-order valence-corrected chi connectivity index (χ4v) is 0. The maximum atomic E-state index is 8.81. The molecule has 0 aromatic carbocycles. The van der Waals surface area contributed by atoms with Gasteiger partial charge >= 0.3 is 0 Å². The van der Waals surface area contributed by atoms with Crippen LogP contribution in [0.25, 0.3) is 0 Å². The summed E-state index contributed by atoms with van der Waals surface area (Å²) in [5.74, 6) is 0. The summed E-state index contributed by atoms with van der Waals surface area (Å²) in [5.41, 5.74) is 0. The molecule has 0 aromatic heterocycles. The van der Waals surface area contributed by atoms with Gasteiger partial charge in [-0.25, -0.2) is 0 Å². The van der Waals surface area contributed by atoms with E-state index in [9.17, 15) is 0 Å². The summed E-state index contributed by atoms with van der Waals surface area (Å²) >= 11 is 0. The predicted molar refractivity (Wildman–Crippen MR) is 24.3 cm³/mol. The highest BCUT2D eigenvalue weighted by Crippen LogP contribution is 1.12. The van der Waals surface area contributed by atoms with E-state index in [1.807, 2.05) is 6.79 Å². The minimum Gasteiger partial charge on any atom is -0.344 e. The van der Waals surface area contributed by atoms with Crippen molar-refractivity contribution in [3.8, 4) is 0 Å². The van der Waals surface area contributed by atoms with Crippen LogP contribution in [0.3, 0.4) is 0 Å². The Morgan fingerprint density at radius 2 is 1.14 bits per heavy atom. The minimum absolute atomic E-state index is 0. The molecule has 0 bridgehead atoms. The SMILES string of the molecule is C=O.N.O=CC=O. The highest BCUT2D eigenvalue weighted by molar-refractivity contribution is 6.09. The number of carbonyl (C=O) groups is 3. The molecule has 0 aromatic rings. The van der Waals surface area contributed by atoms with Crippen molar-refractivity contribution >= 4 is 19.4 Å². The van der Waals surface area contributed by atoms with E-state index in [0.717, 1.165) is 0 Å². The van der Waals surface area contributed by atoms with Crippen LogP contribution in [0.15, 0.2) is 0 Å². The summed E-state index contributed by atoms with van der Waals surface area (Å²) in [4.78, 5) is 25.6. The fourth-order valence-electron chi connectivity index (χ4n) is 0. The summed E-state index contributed by atoms with van der Waals surface area (Å²) in [5, 5.41) is 0. The Bertz CT molecular complexity index is 39.4. The molecule has 7 heavy (non-hydrogen) atoms. The Kier molecular flexibility index (Phi) is 199. The van der Waals surface area contributed by atoms with E-state index in [1.54, 1.807) is 0 Å². The molecule has 0 aliphatic rings. The first kappa shape index (κ1) is 16.7. The zero-order chi connectivity index (χ0) is 5.41. The van der Waals surface area contributed by atoms with Gasteiger partial charge in [0.05, 0.1) is 0 Å². The molecule has 0 aliphatic heterocycles. The van der Waals surface area contributed by atoms with Gasteiger partial charge in [-0.1, -0.05) is 0 Å². The van der Waals surface area contributed by atoms with Gasteiger partial charge in [-0.2, -0.15) is 0 Å². The zero-order valence-electron chi connectivity index (χ0n) is 3.79. The van der Waals surface area contributed by atoms with Crippen LogP contribution in [-0.4, -0.2) is 19.4 Å². The molecular formula is C3H7NO3. The number of hydrogen-bond donors (Lipinski definition) is 1. The first-order valence-electron chi connectivity index (χ1n) is 1.09. The average molecular weight is 105 g/mol. The largest absolute Gasteiger partial charge is 0.344 e. The molecule has 0 spiro atoms. The average Bonchev–Trinajstić information content (AvgIpc) is 1.72. The number of rotatable bonds is 1. The van der Waals surface area contributed by atoms with Gasteiger partial charge in [0.25, 0.3) is 0 Å². The molecule has 0 saturated heterocycles. The third-order valence-corrected chi connectivity index (χ3v) is 0.0556. The van der Waals surface area contributed by atoms with Crippen molar-refractivity contribution in [2.75, 3.05) is 0 Å². The monoisotopic (exact) mass is 105 g/mol. The van der Waals surface area contributed by atoms with Crippen molar-refractivity contribution in [3.05, 3.63) is 0 Å². The van der Waals surface area contributed by atoms with Gasteiger partial charge in [-0.3, -0.25) is 9.59 Å².